The van der Waals surface area contributed by atoms with E-state index >= 15 is 0 Å². The van der Waals surface area contributed by atoms with E-state index in [0.717, 1.165) is 5.75 Å². The average molecular weight is 221 g/mol. The molecule has 0 saturated carbocycles. The molecule has 0 aliphatic carbocycles. The van der Waals surface area contributed by atoms with Crippen molar-refractivity contribution < 1.29 is 9.53 Å². The molecule has 0 unspecified atom stereocenters. The van der Waals surface area contributed by atoms with Crippen molar-refractivity contribution in [2.24, 2.45) is 0 Å². The summed E-state index contributed by atoms with van der Waals surface area (Å²) in [4.78, 5) is 11.0. The number of ether oxygens (including phenoxy) is 1. The molecule has 0 saturated heterocycles. The molecule has 0 aliphatic rings. The van der Waals surface area contributed by atoms with Crippen LogP contribution in [-0.2, 0) is 10.2 Å². The summed E-state index contributed by atoms with van der Waals surface area (Å²) < 4.78 is 5.31. The van der Waals surface area contributed by atoms with Gasteiger partial charge in [-0.3, -0.25) is 4.79 Å². The second-order valence-electron chi connectivity index (χ2n) is 4.74. The van der Waals surface area contributed by atoms with Gasteiger partial charge in [0.2, 0.25) is 0 Å². The van der Waals surface area contributed by atoms with Crippen LogP contribution in [0.1, 0.15) is 26.3 Å². The maximum Gasteiger partial charge on any atom is 0.257 e. The number of hydrogen-bond donors (Lipinski definition) is 1. The van der Waals surface area contributed by atoms with Crippen LogP contribution in [0.2, 0.25) is 0 Å². The van der Waals surface area contributed by atoms with Crippen molar-refractivity contribution in [3.63, 3.8) is 0 Å². The van der Waals surface area contributed by atoms with E-state index in [1.165, 1.54) is 5.56 Å². The van der Waals surface area contributed by atoms with Gasteiger partial charge in [0.25, 0.3) is 5.91 Å². The zero-order valence-corrected chi connectivity index (χ0v) is 10.3. The van der Waals surface area contributed by atoms with Crippen LogP contribution in [0.15, 0.2) is 24.3 Å². The van der Waals surface area contributed by atoms with Crippen LogP contribution in [0.4, 0.5) is 0 Å². The Hall–Kier alpha value is -1.51. The summed E-state index contributed by atoms with van der Waals surface area (Å²) in [7, 11) is 1.59. The molecule has 16 heavy (non-hydrogen) atoms. The Kier molecular flexibility index (Phi) is 3.93. The first-order valence-electron chi connectivity index (χ1n) is 5.37. The topological polar surface area (TPSA) is 38.3 Å². The fourth-order valence-corrected chi connectivity index (χ4v) is 1.27. The fourth-order valence-electron chi connectivity index (χ4n) is 1.27. The minimum atomic E-state index is -0.125. The summed E-state index contributed by atoms with van der Waals surface area (Å²) in [5.74, 6) is 0.594. The van der Waals surface area contributed by atoms with E-state index in [-0.39, 0.29) is 17.9 Å². The van der Waals surface area contributed by atoms with E-state index in [4.69, 9.17) is 4.74 Å². The largest absolute Gasteiger partial charge is 0.484 e. The second kappa shape index (κ2) is 5.01. The molecular formula is C13H19NO2. The predicted molar refractivity (Wildman–Crippen MR) is 64.7 cm³/mol. The first-order valence-corrected chi connectivity index (χ1v) is 5.37. The Bertz CT molecular complexity index is 349. The Morgan fingerprint density at radius 2 is 1.81 bits per heavy atom. The third-order valence-corrected chi connectivity index (χ3v) is 2.37. The van der Waals surface area contributed by atoms with Gasteiger partial charge >= 0.3 is 0 Å². The molecule has 1 amide bonds. The maximum absolute atomic E-state index is 11.0. The van der Waals surface area contributed by atoms with E-state index < -0.39 is 0 Å². The Morgan fingerprint density at radius 1 is 1.25 bits per heavy atom. The van der Waals surface area contributed by atoms with Gasteiger partial charge in [-0.05, 0) is 23.1 Å². The summed E-state index contributed by atoms with van der Waals surface area (Å²) in [6.45, 7) is 6.54. The molecule has 3 nitrogen and oxygen atoms in total. The molecule has 0 spiro atoms. The third-order valence-electron chi connectivity index (χ3n) is 2.37. The van der Waals surface area contributed by atoms with Crippen molar-refractivity contribution >= 4 is 5.91 Å². The zero-order chi connectivity index (χ0) is 12.2. The van der Waals surface area contributed by atoms with Gasteiger partial charge in [0.15, 0.2) is 6.61 Å². The second-order valence-corrected chi connectivity index (χ2v) is 4.74. The van der Waals surface area contributed by atoms with Gasteiger partial charge in [0.1, 0.15) is 5.75 Å². The molecule has 0 bridgehead atoms. The normalized spacial score (nSPS) is 11.0. The first kappa shape index (κ1) is 12.6. The van der Waals surface area contributed by atoms with Gasteiger partial charge in [-0.25, -0.2) is 0 Å². The summed E-state index contributed by atoms with van der Waals surface area (Å²) >= 11 is 0. The van der Waals surface area contributed by atoms with Gasteiger partial charge in [-0.15, -0.1) is 0 Å². The van der Waals surface area contributed by atoms with E-state index in [2.05, 4.69) is 26.1 Å². The molecule has 0 radical (unpaired) electrons. The van der Waals surface area contributed by atoms with Gasteiger partial charge in [-0.1, -0.05) is 32.9 Å². The van der Waals surface area contributed by atoms with E-state index in [1.807, 2.05) is 24.3 Å². The zero-order valence-electron chi connectivity index (χ0n) is 10.3. The smallest absolute Gasteiger partial charge is 0.257 e. The van der Waals surface area contributed by atoms with Crippen LogP contribution < -0.4 is 10.1 Å². The molecule has 1 N–H and O–H groups in total. The Balaban J connectivity index is 2.62. The summed E-state index contributed by atoms with van der Waals surface area (Å²) in [6, 6.07) is 7.84. The highest BCUT2D eigenvalue weighted by Crippen LogP contribution is 2.24. The lowest BCUT2D eigenvalue weighted by atomic mass is 9.87. The number of carbonyl (C=O) groups excluding carboxylic acids is 1. The van der Waals surface area contributed by atoms with Crippen molar-refractivity contribution in [3.05, 3.63) is 29.8 Å². The molecular weight excluding hydrogens is 202 g/mol. The average Bonchev–Trinajstić information content (AvgIpc) is 2.25. The summed E-state index contributed by atoms with van der Waals surface area (Å²) in [5.41, 5.74) is 1.39. The van der Waals surface area contributed by atoms with Crippen LogP contribution in [-0.4, -0.2) is 19.6 Å². The van der Waals surface area contributed by atoms with Crippen LogP contribution in [0.25, 0.3) is 0 Å². The molecule has 0 fully saturated rings. The third kappa shape index (κ3) is 3.57. The van der Waals surface area contributed by atoms with Gasteiger partial charge in [0.05, 0.1) is 0 Å². The standard InChI is InChI=1S/C13H19NO2/c1-13(2,3)10-5-7-11(8-6-10)16-9-12(15)14-4/h5-8H,9H2,1-4H3,(H,14,15). The van der Waals surface area contributed by atoms with Crippen LogP contribution in [0.3, 0.4) is 0 Å². The molecule has 88 valence electrons. The van der Waals surface area contributed by atoms with Crippen LogP contribution >= 0.6 is 0 Å². The molecule has 1 aromatic carbocycles. The fraction of sp³-hybridized carbons (Fsp3) is 0.462. The minimum absolute atomic E-state index is 0.0609. The van der Waals surface area contributed by atoms with Crippen molar-refractivity contribution in [1.82, 2.24) is 5.32 Å². The van der Waals surface area contributed by atoms with Crippen molar-refractivity contribution in [2.45, 2.75) is 26.2 Å². The molecule has 0 aromatic heterocycles. The highest BCUT2D eigenvalue weighted by Gasteiger charge is 2.12. The predicted octanol–water partition coefficient (Wildman–Crippen LogP) is 2.11. The number of amides is 1. The van der Waals surface area contributed by atoms with Gasteiger partial charge < -0.3 is 10.1 Å². The summed E-state index contributed by atoms with van der Waals surface area (Å²) in [6.07, 6.45) is 0. The van der Waals surface area contributed by atoms with E-state index in [0.29, 0.717) is 0 Å². The molecule has 0 atom stereocenters. The monoisotopic (exact) mass is 221 g/mol. The highest BCUT2D eigenvalue weighted by atomic mass is 16.5. The lowest BCUT2D eigenvalue weighted by Crippen LogP contribution is -2.24. The minimum Gasteiger partial charge on any atom is -0.484 e. The van der Waals surface area contributed by atoms with Crippen molar-refractivity contribution in [2.75, 3.05) is 13.7 Å². The number of hydrogen-bond acceptors (Lipinski definition) is 2. The first-order chi connectivity index (χ1) is 7.43. The van der Waals surface area contributed by atoms with E-state index in [1.54, 1.807) is 7.05 Å². The number of rotatable bonds is 3. The molecule has 1 rings (SSSR count). The maximum atomic E-state index is 11.0. The lowest BCUT2D eigenvalue weighted by Gasteiger charge is -2.19. The summed E-state index contributed by atoms with van der Waals surface area (Å²) in [5, 5.41) is 2.51. The van der Waals surface area contributed by atoms with Crippen LogP contribution in [0.5, 0.6) is 5.75 Å². The highest BCUT2D eigenvalue weighted by molar-refractivity contribution is 5.77. The molecule has 1 aromatic rings. The lowest BCUT2D eigenvalue weighted by molar-refractivity contribution is -0.122. The van der Waals surface area contributed by atoms with Crippen molar-refractivity contribution in [3.8, 4) is 5.75 Å². The Morgan fingerprint density at radius 3 is 2.25 bits per heavy atom. The number of nitrogens with one attached hydrogen (secondary N) is 1. The van der Waals surface area contributed by atoms with Gasteiger partial charge in [-0.2, -0.15) is 0 Å². The van der Waals surface area contributed by atoms with Gasteiger partial charge in [0, 0.05) is 7.05 Å². The molecule has 3 heteroatoms. The SMILES string of the molecule is CNC(=O)COc1ccc(C(C)(C)C)cc1. The molecule has 0 aliphatic heterocycles. The number of benzene rings is 1. The van der Waals surface area contributed by atoms with E-state index in [9.17, 15) is 4.79 Å². The van der Waals surface area contributed by atoms with Crippen molar-refractivity contribution in [1.29, 1.82) is 0 Å². The number of carbonyl (C=O) groups is 1. The Labute approximate surface area is 96.8 Å². The molecule has 0 heterocycles. The number of likely N-dealkylation sites (N-methyl/N-ethyl adjacent to an activating group) is 1. The van der Waals surface area contributed by atoms with Crippen LogP contribution in [0, 0.1) is 0 Å². The quantitative estimate of drug-likeness (QED) is 0.849.